The van der Waals surface area contributed by atoms with E-state index in [2.05, 4.69) is 29.2 Å². The molecule has 0 bridgehead atoms. The van der Waals surface area contributed by atoms with E-state index in [0.29, 0.717) is 43.6 Å². The largest absolute Gasteiger partial charge is 0.496 e. The number of rotatable bonds is 6. The van der Waals surface area contributed by atoms with E-state index in [-0.39, 0.29) is 12.0 Å². The first-order valence-electron chi connectivity index (χ1n) is 12.9. The van der Waals surface area contributed by atoms with E-state index in [1.54, 1.807) is 7.11 Å². The van der Waals surface area contributed by atoms with E-state index in [1.807, 2.05) is 54.3 Å². The number of para-hydroxylation sites is 1. The van der Waals surface area contributed by atoms with Crippen LogP contribution in [0.15, 0.2) is 66.7 Å². The molecule has 0 aliphatic carbocycles. The third-order valence-corrected chi connectivity index (χ3v) is 7.67. The summed E-state index contributed by atoms with van der Waals surface area (Å²) in [6.07, 6.45) is -0.0843. The molecule has 3 aromatic rings. The fraction of sp³-hybridized carbons (Fsp3) is 0.367. The van der Waals surface area contributed by atoms with Gasteiger partial charge >= 0.3 is 0 Å². The highest BCUT2D eigenvalue weighted by Gasteiger charge is 2.51. The molecular formula is C30H32N2O5. The first-order chi connectivity index (χ1) is 18.1. The number of hydrogen-bond donors (Lipinski definition) is 0. The maximum atomic E-state index is 14.3. The van der Waals surface area contributed by atoms with Gasteiger partial charge in [-0.05, 0) is 30.2 Å². The van der Waals surface area contributed by atoms with Crippen molar-refractivity contribution in [3.8, 4) is 17.2 Å². The Labute approximate surface area is 217 Å². The second-order valence-corrected chi connectivity index (χ2v) is 9.97. The van der Waals surface area contributed by atoms with Gasteiger partial charge in [0.1, 0.15) is 24.4 Å². The van der Waals surface area contributed by atoms with E-state index in [0.717, 1.165) is 36.4 Å². The SMILES string of the molecule is COc1cc2c(cc1C1(C)C(=O)N(C[C@@H]3CN(Cc4ccccc4)CCO3)c3ccccc31)OCCO2. The molecule has 1 saturated heterocycles. The minimum absolute atomic E-state index is 0.00691. The summed E-state index contributed by atoms with van der Waals surface area (Å²) in [7, 11) is 1.62. The second-order valence-electron chi connectivity index (χ2n) is 9.97. The van der Waals surface area contributed by atoms with Crippen LogP contribution in [0.5, 0.6) is 17.2 Å². The van der Waals surface area contributed by atoms with Crippen LogP contribution in [0.25, 0.3) is 0 Å². The van der Waals surface area contributed by atoms with Gasteiger partial charge in [-0.1, -0.05) is 48.5 Å². The summed E-state index contributed by atoms with van der Waals surface area (Å²) in [5, 5.41) is 0. The van der Waals surface area contributed by atoms with Gasteiger partial charge in [-0.15, -0.1) is 0 Å². The zero-order chi connectivity index (χ0) is 25.4. The van der Waals surface area contributed by atoms with E-state index >= 15 is 0 Å². The fourth-order valence-corrected chi connectivity index (χ4v) is 5.78. The maximum Gasteiger partial charge on any atom is 0.242 e. The average Bonchev–Trinajstić information content (AvgIpc) is 3.15. The number of methoxy groups -OCH3 is 1. The predicted octanol–water partition coefficient (Wildman–Crippen LogP) is 4.02. The summed E-state index contributed by atoms with van der Waals surface area (Å²) >= 11 is 0. The number of nitrogens with zero attached hydrogens (tertiary/aromatic N) is 2. The van der Waals surface area contributed by atoms with Gasteiger partial charge in [-0.25, -0.2) is 0 Å². The molecule has 3 aromatic carbocycles. The minimum Gasteiger partial charge on any atom is -0.496 e. The molecule has 0 spiro atoms. The smallest absolute Gasteiger partial charge is 0.242 e. The van der Waals surface area contributed by atoms with Crippen LogP contribution < -0.4 is 19.1 Å². The Hall–Kier alpha value is -3.55. The molecule has 3 aliphatic heterocycles. The molecule has 7 heteroatoms. The summed E-state index contributed by atoms with van der Waals surface area (Å²) in [5.41, 5.74) is 2.98. The number of carbonyl (C=O) groups is 1. The van der Waals surface area contributed by atoms with Crippen molar-refractivity contribution >= 4 is 11.6 Å². The highest BCUT2D eigenvalue weighted by Crippen LogP contribution is 2.51. The van der Waals surface area contributed by atoms with Crippen LogP contribution in [0.4, 0.5) is 5.69 Å². The van der Waals surface area contributed by atoms with E-state index in [1.165, 1.54) is 5.56 Å². The van der Waals surface area contributed by atoms with Gasteiger partial charge in [0, 0.05) is 37.0 Å². The molecule has 0 radical (unpaired) electrons. The molecule has 0 aromatic heterocycles. The number of anilines is 1. The normalized spacial score (nSPS) is 23.1. The number of carbonyl (C=O) groups excluding carboxylic acids is 1. The van der Waals surface area contributed by atoms with E-state index in [4.69, 9.17) is 18.9 Å². The van der Waals surface area contributed by atoms with Crippen molar-refractivity contribution in [1.82, 2.24) is 4.90 Å². The Kier molecular flexibility index (Phi) is 6.26. The zero-order valence-corrected chi connectivity index (χ0v) is 21.3. The molecule has 2 atom stereocenters. The van der Waals surface area contributed by atoms with Crippen molar-refractivity contribution in [3.05, 3.63) is 83.4 Å². The van der Waals surface area contributed by atoms with Crippen LogP contribution >= 0.6 is 0 Å². The topological polar surface area (TPSA) is 60.5 Å². The second kappa shape index (κ2) is 9.72. The Balaban J connectivity index is 1.30. The standard InChI is InChI=1S/C30H32N2O5/c1-30(24-16-27-28(17-26(24)34-2)37-15-14-36-27)23-10-6-7-11-25(23)32(29(30)33)20-22-19-31(12-13-35-22)18-21-8-4-3-5-9-21/h3-11,16-17,22H,12-15,18-20H2,1-2H3/t22-,30?/m0/s1. The molecule has 7 nitrogen and oxygen atoms in total. The number of benzene rings is 3. The Morgan fingerprint density at radius 3 is 2.46 bits per heavy atom. The number of hydrogen-bond acceptors (Lipinski definition) is 6. The van der Waals surface area contributed by atoms with Gasteiger partial charge in [0.2, 0.25) is 5.91 Å². The Morgan fingerprint density at radius 1 is 0.946 bits per heavy atom. The van der Waals surface area contributed by atoms with Crippen molar-refractivity contribution in [2.24, 2.45) is 0 Å². The molecule has 0 saturated carbocycles. The van der Waals surface area contributed by atoms with Crippen molar-refractivity contribution in [3.63, 3.8) is 0 Å². The lowest BCUT2D eigenvalue weighted by atomic mass is 9.76. The highest BCUT2D eigenvalue weighted by atomic mass is 16.6. The molecule has 1 fully saturated rings. The summed E-state index contributed by atoms with van der Waals surface area (Å²) < 4.78 is 23.6. The van der Waals surface area contributed by atoms with Crippen molar-refractivity contribution < 1.29 is 23.7 Å². The first kappa shape index (κ1) is 23.8. The van der Waals surface area contributed by atoms with E-state index in [9.17, 15) is 4.79 Å². The predicted molar refractivity (Wildman–Crippen MR) is 141 cm³/mol. The summed E-state index contributed by atoms with van der Waals surface area (Å²) in [5.74, 6) is 1.89. The van der Waals surface area contributed by atoms with Crippen LogP contribution in [-0.2, 0) is 21.5 Å². The molecule has 1 unspecified atom stereocenters. The lowest BCUT2D eigenvalue weighted by Gasteiger charge is -2.35. The molecular weight excluding hydrogens is 468 g/mol. The molecule has 37 heavy (non-hydrogen) atoms. The van der Waals surface area contributed by atoms with Crippen molar-refractivity contribution in [2.45, 2.75) is 25.0 Å². The molecule has 0 N–H and O–H groups in total. The average molecular weight is 501 g/mol. The Morgan fingerprint density at radius 2 is 1.68 bits per heavy atom. The van der Waals surface area contributed by atoms with Crippen LogP contribution in [0.1, 0.15) is 23.6 Å². The number of ether oxygens (including phenoxy) is 4. The number of amides is 1. The van der Waals surface area contributed by atoms with Gasteiger partial charge in [0.25, 0.3) is 0 Å². The number of morpholine rings is 1. The van der Waals surface area contributed by atoms with Gasteiger partial charge in [-0.2, -0.15) is 0 Å². The van der Waals surface area contributed by atoms with E-state index < -0.39 is 5.41 Å². The van der Waals surface area contributed by atoms with Gasteiger partial charge in [0.05, 0.1) is 26.4 Å². The molecule has 1 amide bonds. The quantitative estimate of drug-likeness (QED) is 0.510. The first-order valence-corrected chi connectivity index (χ1v) is 12.9. The molecule has 6 rings (SSSR count). The summed E-state index contributed by atoms with van der Waals surface area (Å²) in [6, 6.07) is 22.2. The lowest BCUT2D eigenvalue weighted by Crippen LogP contribution is -2.49. The molecule has 3 aliphatic rings. The maximum absolute atomic E-state index is 14.3. The van der Waals surface area contributed by atoms with Gasteiger partial charge in [0.15, 0.2) is 11.5 Å². The third-order valence-electron chi connectivity index (χ3n) is 7.67. The van der Waals surface area contributed by atoms with Crippen LogP contribution in [0, 0.1) is 0 Å². The third kappa shape index (κ3) is 4.22. The minimum atomic E-state index is -0.934. The Bertz CT molecular complexity index is 1300. The van der Waals surface area contributed by atoms with Gasteiger partial charge in [-0.3, -0.25) is 9.69 Å². The summed E-state index contributed by atoms with van der Waals surface area (Å²) in [4.78, 5) is 18.6. The highest BCUT2D eigenvalue weighted by molar-refractivity contribution is 6.10. The summed E-state index contributed by atoms with van der Waals surface area (Å²) in [6.45, 7) is 6.60. The zero-order valence-electron chi connectivity index (χ0n) is 21.3. The number of fused-ring (bicyclic) bond motifs is 2. The van der Waals surface area contributed by atoms with Gasteiger partial charge < -0.3 is 23.8 Å². The van der Waals surface area contributed by atoms with Crippen LogP contribution in [0.2, 0.25) is 0 Å². The lowest BCUT2D eigenvalue weighted by molar-refractivity contribution is -0.122. The van der Waals surface area contributed by atoms with Crippen molar-refractivity contribution in [2.75, 3.05) is 51.5 Å². The monoisotopic (exact) mass is 500 g/mol. The molecule has 192 valence electrons. The van der Waals surface area contributed by atoms with Crippen LogP contribution in [0.3, 0.4) is 0 Å². The van der Waals surface area contributed by atoms with Crippen LogP contribution in [-0.4, -0.2) is 63.5 Å². The fourth-order valence-electron chi connectivity index (χ4n) is 5.78. The molecule has 3 heterocycles. The van der Waals surface area contributed by atoms with Crippen molar-refractivity contribution in [1.29, 1.82) is 0 Å².